The highest BCUT2D eigenvalue weighted by molar-refractivity contribution is 7.10. The van der Waals surface area contributed by atoms with E-state index in [1.165, 1.54) is 4.52 Å². The molecular formula is C14H15N5O2S. The average Bonchev–Trinajstić information content (AvgIpc) is 3.13. The van der Waals surface area contributed by atoms with Gasteiger partial charge in [0.1, 0.15) is 0 Å². The van der Waals surface area contributed by atoms with Crippen molar-refractivity contribution in [1.29, 1.82) is 0 Å². The summed E-state index contributed by atoms with van der Waals surface area (Å²) in [5, 5.41) is 12.6. The van der Waals surface area contributed by atoms with Gasteiger partial charge in [0.05, 0.1) is 12.2 Å². The number of nitrogens with one attached hydrogen (secondary N) is 2. The van der Waals surface area contributed by atoms with Crippen molar-refractivity contribution in [2.45, 2.75) is 26.3 Å². The van der Waals surface area contributed by atoms with Crippen LogP contribution in [0.25, 0.3) is 5.52 Å². The lowest BCUT2D eigenvalue weighted by molar-refractivity contribution is 0.0932. The molecule has 3 heterocycles. The summed E-state index contributed by atoms with van der Waals surface area (Å²) >= 11 is 1.58. The summed E-state index contributed by atoms with van der Waals surface area (Å²) in [5.41, 5.74) is 0.471. The summed E-state index contributed by atoms with van der Waals surface area (Å²) in [6.45, 7) is 3.73. The largest absolute Gasteiger partial charge is 0.343 e. The number of hydrogen-bond acceptors (Lipinski definition) is 5. The Morgan fingerprint density at radius 1 is 1.55 bits per heavy atom. The van der Waals surface area contributed by atoms with Crippen LogP contribution in [0.2, 0.25) is 0 Å². The maximum atomic E-state index is 12.4. The molecule has 3 aromatic rings. The van der Waals surface area contributed by atoms with Crippen molar-refractivity contribution < 1.29 is 4.79 Å². The van der Waals surface area contributed by atoms with E-state index in [1.807, 2.05) is 24.4 Å². The number of amides is 1. The lowest BCUT2D eigenvalue weighted by Crippen LogP contribution is -2.29. The number of fused-ring (bicyclic) bond motifs is 1. The molecule has 0 radical (unpaired) electrons. The topological polar surface area (TPSA) is 92.2 Å². The van der Waals surface area contributed by atoms with E-state index in [0.29, 0.717) is 5.69 Å². The van der Waals surface area contributed by atoms with Crippen LogP contribution in [0, 0.1) is 6.92 Å². The predicted octanol–water partition coefficient (Wildman–Crippen LogP) is 1.67. The van der Waals surface area contributed by atoms with E-state index in [1.54, 1.807) is 24.5 Å². The van der Waals surface area contributed by atoms with E-state index in [0.717, 1.165) is 11.3 Å². The third-order valence-corrected chi connectivity index (χ3v) is 4.34. The van der Waals surface area contributed by atoms with Crippen LogP contribution in [0.3, 0.4) is 0 Å². The molecule has 0 fully saturated rings. The van der Waals surface area contributed by atoms with Crippen molar-refractivity contribution in [3.05, 3.63) is 50.3 Å². The Balaban J connectivity index is 1.94. The highest BCUT2D eigenvalue weighted by atomic mass is 32.1. The van der Waals surface area contributed by atoms with Gasteiger partial charge in [0.2, 0.25) is 0 Å². The highest BCUT2D eigenvalue weighted by Crippen LogP contribution is 2.22. The van der Waals surface area contributed by atoms with Gasteiger partial charge in [-0.2, -0.15) is 0 Å². The van der Waals surface area contributed by atoms with Crippen LogP contribution in [0.4, 0.5) is 0 Å². The SMILES string of the molecule is CC[C@@H](NC(=O)c1nnn2cc(C)[nH]c(=O)c12)c1cccs1. The molecule has 0 unspecified atom stereocenters. The van der Waals surface area contributed by atoms with Crippen molar-refractivity contribution in [3.63, 3.8) is 0 Å². The van der Waals surface area contributed by atoms with Crippen LogP contribution in [-0.2, 0) is 0 Å². The minimum atomic E-state index is -0.399. The van der Waals surface area contributed by atoms with Gasteiger partial charge in [-0.1, -0.05) is 18.2 Å². The van der Waals surface area contributed by atoms with Gasteiger partial charge in [0, 0.05) is 10.6 Å². The smallest absolute Gasteiger partial charge is 0.276 e. The number of rotatable bonds is 4. The number of carbonyl (C=O) groups is 1. The Hall–Kier alpha value is -2.48. The number of aromatic nitrogens is 4. The number of nitrogens with zero attached hydrogens (tertiary/aromatic N) is 3. The molecule has 1 amide bonds. The fourth-order valence-corrected chi connectivity index (χ4v) is 3.15. The lowest BCUT2D eigenvalue weighted by atomic mass is 10.2. The summed E-state index contributed by atoms with van der Waals surface area (Å²) in [4.78, 5) is 28.2. The number of aryl methyl sites for hydroxylation is 1. The standard InChI is InChI=1S/C14H15N5O2S/c1-3-9(10-5-4-6-22-10)16-13(20)11-12-14(21)15-8(2)7-19(12)18-17-11/h4-7,9H,3H2,1-2H3,(H,15,21)(H,16,20)/t9-/m1/s1. The van der Waals surface area contributed by atoms with Crippen LogP contribution in [0.5, 0.6) is 0 Å². The van der Waals surface area contributed by atoms with Gasteiger partial charge in [-0.15, -0.1) is 16.4 Å². The van der Waals surface area contributed by atoms with Crippen LogP contribution in [-0.4, -0.2) is 25.7 Å². The maximum absolute atomic E-state index is 12.4. The van der Waals surface area contributed by atoms with Crippen molar-refractivity contribution in [2.75, 3.05) is 0 Å². The van der Waals surface area contributed by atoms with Gasteiger partial charge >= 0.3 is 0 Å². The first-order valence-electron chi connectivity index (χ1n) is 6.89. The van der Waals surface area contributed by atoms with E-state index in [4.69, 9.17) is 0 Å². The minimum Gasteiger partial charge on any atom is -0.343 e. The van der Waals surface area contributed by atoms with Gasteiger partial charge in [-0.05, 0) is 24.8 Å². The van der Waals surface area contributed by atoms with Gasteiger partial charge in [0.15, 0.2) is 11.2 Å². The van der Waals surface area contributed by atoms with Crippen molar-refractivity contribution >= 4 is 22.8 Å². The number of hydrogen-bond donors (Lipinski definition) is 2. The second kappa shape index (κ2) is 5.72. The molecule has 0 bridgehead atoms. The number of carbonyl (C=O) groups excluding carboxylic acids is 1. The highest BCUT2D eigenvalue weighted by Gasteiger charge is 2.21. The molecule has 7 nitrogen and oxygen atoms in total. The Morgan fingerprint density at radius 3 is 3.05 bits per heavy atom. The third-order valence-electron chi connectivity index (χ3n) is 3.35. The summed E-state index contributed by atoms with van der Waals surface area (Å²) in [7, 11) is 0. The first-order chi connectivity index (χ1) is 10.6. The molecule has 0 saturated carbocycles. The normalized spacial score (nSPS) is 12.5. The quantitative estimate of drug-likeness (QED) is 0.765. The first-order valence-corrected chi connectivity index (χ1v) is 7.77. The van der Waals surface area contributed by atoms with Crippen molar-refractivity contribution in [2.24, 2.45) is 0 Å². The molecule has 3 aromatic heterocycles. The molecule has 8 heteroatoms. The van der Waals surface area contributed by atoms with E-state index in [9.17, 15) is 9.59 Å². The zero-order valence-electron chi connectivity index (χ0n) is 12.2. The molecule has 2 N–H and O–H groups in total. The van der Waals surface area contributed by atoms with Gasteiger partial charge in [0.25, 0.3) is 11.5 Å². The fourth-order valence-electron chi connectivity index (χ4n) is 2.29. The second-order valence-corrected chi connectivity index (χ2v) is 5.93. The van der Waals surface area contributed by atoms with Gasteiger partial charge in [-0.3, -0.25) is 9.59 Å². The first kappa shape index (κ1) is 14.5. The van der Waals surface area contributed by atoms with E-state index >= 15 is 0 Å². The number of H-pyrrole nitrogens is 1. The molecular weight excluding hydrogens is 302 g/mol. The molecule has 0 aliphatic heterocycles. The molecule has 0 aromatic carbocycles. The zero-order chi connectivity index (χ0) is 15.7. The molecule has 22 heavy (non-hydrogen) atoms. The summed E-state index contributed by atoms with van der Waals surface area (Å²) in [6.07, 6.45) is 2.37. The average molecular weight is 317 g/mol. The van der Waals surface area contributed by atoms with E-state index in [-0.39, 0.29) is 22.8 Å². The Labute approximate surface area is 130 Å². The molecule has 0 saturated heterocycles. The monoisotopic (exact) mass is 317 g/mol. The summed E-state index contributed by atoms with van der Waals surface area (Å²) in [5.74, 6) is -0.399. The molecule has 114 valence electrons. The Kier molecular flexibility index (Phi) is 3.76. The van der Waals surface area contributed by atoms with E-state index in [2.05, 4.69) is 20.6 Å². The van der Waals surface area contributed by atoms with E-state index < -0.39 is 5.91 Å². The Morgan fingerprint density at radius 2 is 2.36 bits per heavy atom. The fraction of sp³-hybridized carbons (Fsp3) is 0.286. The maximum Gasteiger partial charge on any atom is 0.276 e. The lowest BCUT2D eigenvalue weighted by Gasteiger charge is -2.14. The predicted molar refractivity (Wildman–Crippen MR) is 83.2 cm³/mol. The molecule has 0 aliphatic rings. The minimum absolute atomic E-state index is 0.0382. The Bertz CT molecular complexity index is 865. The zero-order valence-corrected chi connectivity index (χ0v) is 13.0. The van der Waals surface area contributed by atoms with Gasteiger partial charge < -0.3 is 10.3 Å². The third kappa shape index (κ3) is 2.52. The summed E-state index contributed by atoms with van der Waals surface area (Å²) in [6, 6.07) is 3.81. The molecule has 0 aliphatic carbocycles. The number of aromatic amines is 1. The molecule has 1 atom stereocenters. The molecule has 0 spiro atoms. The van der Waals surface area contributed by atoms with Crippen molar-refractivity contribution in [1.82, 2.24) is 25.1 Å². The number of thiophene rings is 1. The van der Waals surface area contributed by atoms with Crippen LogP contribution in [0.1, 0.15) is 40.4 Å². The van der Waals surface area contributed by atoms with Crippen LogP contribution in [0.15, 0.2) is 28.5 Å². The van der Waals surface area contributed by atoms with Gasteiger partial charge in [-0.25, -0.2) is 4.52 Å². The van der Waals surface area contributed by atoms with Crippen LogP contribution >= 0.6 is 11.3 Å². The van der Waals surface area contributed by atoms with Crippen molar-refractivity contribution in [3.8, 4) is 0 Å². The summed E-state index contributed by atoms with van der Waals surface area (Å²) < 4.78 is 1.33. The van der Waals surface area contributed by atoms with Crippen LogP contribution < -0.4 is 10.9 Å². The molecule has 3 rings (SSSR count). The second-order valence-electron chi connectivity index (χ2n) is 4.95.